The molecule has 104 valence electrons. The summed E-state index contributed by atoms with van der Waals surface area (Å²) in [7, 11) is 4.90. The van der Waals surface area contributed by atoms with Crippen molar-refractivity contribution in [2.24, 2.45) is 4.99 Å². The van der Waals surface area contributed by atoms with Gasteiger partial charge in [-0.1, -0.05) is 0 Å². The number of amides is 1. The Kier molecular flexibility index (Phi) is 5.85. The van der Waals surface area contributed by atoms with Gasteiger partial charge in [-0.15, -0.1) is 0 Å². The Bertz CT molecular complexity index is 470. The van der Waals surface area contributed by atoms with Crippen LogP contribution in [0.2, 0.25) is 0 Å². The van der Waals surface area contributed by atoms with E-state index in [1.807, 2.05) is 18.3 Å². The maximum absolute atomic E-state index is 9.70. The molecule has 1 amide bonds. The van der Waals surface area contributed by atoms with E-state index >= 15 is 0 Å². The maximum Gasteiger partial charge on any atom is 0.216 e. The summed E-state index contributed by atoms with van der Waals surface area (Å²) in [6.07, 6.45) is 2.87. The molecule has 1 aromatic carbocycles. The van der Waals surface area contributed by atoms with E-state index in [1.54, 1.807) is 21.3 Å². The molecule has 2 rings (SSSR count). The molecular weight excluding hydrogens is 244 g/mol. The molecule has 5 heteroatoms. The number of nitrogens with zero attached hydrogens (tertiary/aromatic N) is 1. The molecule has 1 N–H and O–H groups in total. The lowest BCUT2D eigenvalue weighted by Gasteiger charge is -2.14. The second kappa shape index (κ2) is 7.41. The van der Waals surface area contributed by atoms with Crippen molar-refractivity contribution in [3.63, 3.8) is 0 Å². The summed E-state index contributed by atoms with van der Waals surface area (Å²) in [5.41, 5.74) is 2.41. The zero-order chi connectivity index (χ0) is 14.3. The molecule has 0 aromatic heterocycles. The van der Waals surface area contributed by atoms with Crippen molar-refractivity contribution in [1.82, 2.24) is 5.32 Å². The van der Waals surface area contributed by atoms with E-state index in [1.165, 1.54) is 12.5 Å². The molecule has 0 fully saturated rings. The van der Waals surface area contributed by atoms with Crippen LogP contribution in [-0.2, 0) is 11.2 Å². The van der Waals surface area contributed by atoms with Gasteiger partial charge >= 0.3 is 0 Å². The van der Waals surface area contributed by atoms with E-state index in [0.29, 0.717) is 0 Å². The van der Waals surface area contributed by atoms with Crippen LogP contribution in [0.3, 0.4) is 0 Å². The van der Waals surface area contributed by atoms with Gasteiger partial charge in [-0.25, -0.2) is 0 Å². The number of carbonyl (C=O) groups excluding carboxylic acids is 1. The second-order valence-electron chi connectivity index (χ2n) is 4.00. The third-order valence-corrected chi connectivity index (χ3v) is 2.74. The van der Waals surface area contributed by atoms with Crippen molar-refractivity contribution < 1.29 is 14.3 Å². The summed E-state index contributed by atoms with van der Waals surface area (Å²) in [5, 5.41) is 2.39. The monoisotopic (exact) mass is 264 g/mol. The van der Waals surface area contributed by atoms with Crippen molar-refractivity contribution in [3.8, 4) is 11.5 Å². The highest BCUT2D eigenvalue weighted by Crippen LogP contribution is 2.30. The number of carbonyl (C=O) groups is 1. The number of aliphatic imine (C=N–C) groups is 1. The summed E-state index contributed by atoms with van der Waals surface area (Å²) in [5.74, 6) is 1.56. The van der Waals surface area contributed by atoms with E-state index in [0.717, 1.165) is 30.0 Å². The van der Waals surface area contributed by atoms with Crippen LogP contribution in [0.5, 0.6) is 11.5 Å². The molecule has 0 aliphatic carbocycles. The molecule has 1 heterocycles. The summed E-state index contributed by atoms with van der Waals surface area (Å²) in [6.45, 7) is 2.34. The largest absolute Gasteiger partial charge is 0.493 e. The number of methoxy groups -OCH3 is 2. The lowest BCUT2D eigenvalue weighted by atomic mass is 10.0. The summed E-state index contributed by atoms with van der Waals surface area (Å²) in [4.78, 5) is 13.9. The SMILES string of the molecule is CNC(C)=O.COc1cc2c(cc1OC)CCN=C2. The molecule has 1 aliphatic rings. The quantitative estimate of drug-likeness (QED) is 0.879. The van der Waals surface area contributed by atoms with E-state index in [4.69, 9.17) is 9.47 Å². The highest BCUT2D eigenvalue weighted by atomic mass is 16.5. The predicted molar refractivity (Wildman–Crippen MR) is 75.5 cm³/mol. The van der Waals surface area contributed by atoms with Crippen molar-refractivity contribution >= 4 is 12.1 Å². The van der Waals surface area contributed by atoms with Crippen LogP contribution in [-0.4, -0.2) is 39.9 Å². The lowest BCUT2D eigenvalue weighted by molar-refractivity contribution is -0.118. The Morgan fingerprint density at radius 2 is 1.84 bits per heavy atom. The van der Waals surface area contributed by atoms with E-state index < -0.39 is 0 Å². The molecule has 0 unspecified atom stereocenters. The molecule has 0 atom stereocenters. The second-order valence-corrected chi connectivity index (χ2v) is 4.00. The Morgan fingerprint density at radius 3 is 2.37 bits per heavy atom. The van der Waals surface area contributed by atoms with Gasteiger partial charge in [-0.2, -0.15) is 0 Å². The average Bonchev–Trinajstić information content (AvgIpc) is 2.46. The Morgan fingerprint density at radius 1 is 1.26 bits per heavy atom. The smallest absolute Gasteiger partial charge is 0.216 e. The molecule has 1 aliphatic heterocycles. The maximum atomic E-state index is 9.70. The average molecular weight is 264 g/mol. The van der Waals surface area contributed by atoms with Crippen molar-refractivity contribution in [2.75, 3.05) is 27.8 Å². The van der Waals surface area contributed by atoms with Gasteiger partial charge in [0.2, 0.25) is 5.91 Å². The Labute approximate surface area is 113 Å². The van der Waals surface area contributed by atoms with Gasteiger partial charge in [0.15, 0.2) is 11.5 Å². The Hall–Kier alpha value is -2.04. The standard InChI is InChI=1S/C11H13NO2.C3H7NO/c1-13-10-5-8-3-4-12-7-9(8)6-11(10)14-2;1-3(5)4-2/h5-7H,3-4H2,1-2H3;1-2H3,(H,4,5). The highest BCUT2D eigenvalue weighted by molar-refractivity contribution is 5.84. The number of hydrogen-bond acceptors (Lipinski definition) is 4. The predicted octanol–water partition coefficient (Wildman–Crippen LogP) is 1.43. The Balaban J connectivity index is 0.000000312. The van der Waals surface area contributed by atoms with Crippen molar-refractivity contribution in [2.45, 2.75) is 13.3 Å². The first kappa shape index (κ1) is 15.0. The molecular formula is C14H20N2O3. The molecule has 0 bridgehead atoms. The van der Waals surface area contributed by atoms with Crippen LogP contribution in [0.25, 0.3) is 0 Å². The number of fused-ring (bicyclic) bond motifs is 1. The van der Waals surface area contributed by atoms with Crippen molar-refractivity contribution in [1.29, 1.82) is 0 Å². The normalized spacial score (nSPS) is 11.8. The van der Waals surface area contributed by atoms with E-state index in [-0.39, 0.29) is 5.91 Å². The topological polar surface area (TPSA) is 59.9 Å². The summed E-state index contributed by atoms with van der Waals surface area (Å²) in [6, 6.07) is 4.00. The van der Waals surface area contributed by atoms with Gasteiger partial charge < -0.3 is 14.8 Å². The highest BCUT2D eigenvalue weighted by Gasteiger charge is 2.11. The number of hydrogen-bond donors (Lipinski definition) is 1. The van der Waals surface area contributed by atoms with Crippen LogP contribution < -0.4 is 14.8 Å². The molecule has 1 aromatic rings. The van der Waals surface area contributed by atoms with E-state index in [2.05, 4.69) is 10.3 Å². The summed E-state index contributed by atoms with van der Waals surface area (Å²) >= 11 is 0. The van der Waals surface area contributed by atoms with Gasteiger partial charge in [-0.05, 0) is 29.7 Å². The van der Waals surface area contributed by atoms with Gasteiger partial charge in [-0.3, -0.25) is 9.79 Å². The van der Waals surface area contributed by atoms with Gasteiger partial charge in [0, 0.05) is 26.7 Å². The molecule has 19 heavy (non-hydrogen) atoms. The fourth-order valence-corrected chi connectivity index (χ4v) is 1.62. The van der Waals surface area contributed by atoms with Gasteiger partial charge in [0.25, 0.3) is 0 Å². The fraction of sp³-hybridized carbons (Fsp3) is 0.429. The number of rotatable bonds is 2. The third kappa shape index (κ3) is 4.28. The molecule has 0 radical (unpaired) electrons. The lowest BCUT2D eigenvalue weighted by Crippen LogP contribution is -2.11. The minimum atomic E-state index is 0.00463. The zero-order valence-corrected chi connectivity index (χ0v) is 11.8. The first-order valence-electron chi connectivity index (χ1n) is 6.05. The van der Waals surface area contributed by atoms with E-state index in [9.17, 15) is 4.79 Å². The molecule has 0 saturated carbocycles. The first-order valence-corrected chi connectivity index (χ1v) is 6.05. The van der Waals surface area contributed by atoms with Crippen LogP contribution in [0, 0.1) is 0 Å². The summed E-state index contributed by atoms with van der Waals surface area (Å²) < 4.78 is 10.4. The first-order chi connectivity index (χ1) is 9.12. The number of benzene rings is 1. The van der Waals surface area contributed by atoms with Crippen LogP contribution in [0.1, 0.15) is 18.1 Å². The minimum absolute atomic E-state index is 0.00463. The third-order valence-electron chi connectivity index (χ3n) is 2.74. The minimum Gasteiger partial charge on any atom is -0.493 e. The number of ether oxygens (including phenoxy) is 2. The van der Waals surface area contributed by atoms with Gasteiger partial charge in [0.05, 0.1) is 14.2 Å². The zero-order valence-electron chi connectivity index (χ0n) is 11.8. The molecule has 0 saturated heterocycles. The number of nitrogens with one attached hydrogen (secondary N) is 1. The van der Waals surface area contributed by atoms with Gasteiger partial charge in [0.1, 0.15) is 0 Å². The van der Waals surface area contributed by atoms with Crippen LogP contribution >= 0.6 is 0 Å². The fourth-order valence-electron chi connectivity index (χ4n) is 1.62. The molecule has 5 nitrogen and oxygen atoms in total. The molecule has 0 spiro atoms. The van der Waals surface area contributed by atoms with Crippen molar-refractivity contribution in [3.05, 3.63) is 23.3 Å². The van der Waals surface area contributed by atoms with Crippen LogP contribution in [0.15, 0.2) is 17.1 Å². The van der Waals surface area contributed by atoms with Crippen LogP contribution in [0.4, 0.5) is 0 Å².